The minimum Gasteiger partial charge on any atom is -0.469 e. The van der Waals surface area contributed by atoms with Crippen LogP contribution in [-0.4, -0.2) is 38.4 Å². The number of rotatable bonds is 5. The topological polar surface area (TPSA) is 61.8 Å². The van der Waals surface area contributed by atoms with Gasteiger partial charge in [0, 0.05) is 12.3 Å². The zero-order valence-corrected chi connectivity index (χ0v) is 9.73. The normalized spacial score (nSPS) is 25.1. The molecule has 92 valence electrons. The molecular weight excluding hydrogens is 212 g/mol. The molecule has 0 saturated carbocycles. The molecule has 0 radical (unpaired) electrons. The highest BCUT2D eigenvalue weighted by atomic mass is 16.7. The van der Waals surface area contributed by atoms with Gasteiger partial charge in [-0.3, -0.25) is 9.59 Å². The molecule has 0 bridgehead atoms. The lowest BCUT2D eigenvalue weighted by Crippen LogP contribution is -2.33. The molecule has 0 aromatic carbocycles. The second-order valence-corrected chi connectivity index (χ2v) is 3.87. The fourth-order valence-electron chi connectivity index (χ4n) is 1.56. The Kier molecular flexibility index (Phi) is 5.42. The molecule has 1 fully saturated rings. The van der Waals surface area contributed by atoms with Crippen LogP contribution in [0.2, 0.25) is 0 Å². The van der Waals surface area contributed by atoms with Crippen molar-refractivity contribution in [3.05, 3.63) is 0 Å². The average Bonchev–Trinajstić information content (AvgIpc) is 2.29. The maximum Gasteiger partial charge on any atom is 0.313 e. The quantitative estimate of drug-likeness (QED) is 0.519. The Bertz CT molecular complexity index is 243. The minimum absolute atomic E-state index is 0.0555. The molecule has 16 heavy (non-hydrogen) atoms. The molecule has 5 heteroatoms. The largest absolute Gasteiger partial charge is 0.469 e. The lowest BCUT2D eigenvalue weighted by atomic mass is 10.0. The number of carbonyl (C=O) groups excluding carboxylic acids is 2. The van der Waals surface area contributed by atoms with Gasteiger partial charge in [0.05, 0.1) is 20.3 Å². The van der Waals surface area contributed by atoms with E-state index < -0.39 is 5.97 Å². The second kappa shape index (κ2) is 6.60. The van der Waals surface area contributed by atoms with E-state index in [4.69, 9.17) is 9.47 Å². The van der Waals surface area contributed by atoms with Crippen molar-refractivity contribution in [2.75, 3.05) is 20.3 Å². The minimum atomic E-state index is -0.492. The van der Waals surface area contributed by atoms with Gasteiger partial charge < -0.3 is 14.2 Å². The summed E-state index contributed by atoms with van der Waals surface area (Å²) in [6, 6.07) is 0. The molecular formula is C11H18O5. The SMILES string of the molecule is CCC1OCC(CC(=O)CC(=O)OC)CO1. The Morgan fingerprint density at radius 2 is 1.94 bits per heavy atom. The summed E-state index contributed by atoms with van der Waals surface area (Å²) in [5.41, 5.74) is 0. The standard InChI is InChI=1S/C11H18O5/c1-3-11-15-6-8(7-16-11)4-9(12)5-10(13)14-2/h8,11H,3-7H2,1-2H3. The number of carbonyl (C=O) groups is 2. The monoisotopic (exact) mass is 230 g/mol. The van der Waals surface area contributed by atoms with Gasteiger partial charge in [-0.2, -0.15) is 0 Å². The van der Waals surface area contributed by atoms with E-state index in [-0.39, 0.29) is 24.4 Å². The number of methoxy groups -OCH3 is 1. The van der Waals surface area contributed by atoms with E-state index >= 15 is 0 Å². The predicted octanol–water partition coefficient (Wildman–Crippen LogP) is 0.908. The summed E-state index contributed by atoms with van der Waals surface area (Å²) in [4.78, 5) is 22.3. The first kappa shape index (κ1) is 13.1. The van der Waals surface area contributed by atoms with Gasteiger partial charge >= 0.3 is 5.97 Å². The zero-order valence-electron chi connectivity index (χ0n) is 9.73. The Hall–Kier alpha value is -0.940. The van der Waals surface area contributed by atoms with Gasteiger partial charge in [0.2, 0.25) is 0 Å². The number of hydrogen-bond acceptors (Lipinski definition) is 5. The fourth-order valence-corrected chi connectivity index (χ4v) is 1.56. The third kappa shape index (κ3) is 4.28. The van der Waals surface area contributed by atoms with Gasteiger partial charge in [-0.25, -0.2) is 0 Å². The molecule has 0 amide bonds. The van der Waals surface area contributed by atoms with Crippen molar-refractivity contribution in [1.29, 1.82) is 0 Å². The lowest BCUT2D eigenvalue weighted by molar-refractivity contribution is -0.202. The molecule has 1 aliphatic heterocycles. The zero-order chi connectivity index (χ0) is 12.0. The van der Waals surface area contributed by atoms with Gasteiger partial charge in [0.15, 0.2) is 6.29 Å². The van der Waals surface area contributed by atoms with Gasteiger partial charge in [-0.05, 0) is 6.42 Å². The predicted molar refractivity (Wildman–Crippen MR) is 55.7 cm³/mol. The fraction of sp³-hybridized carbons (Fsp3) is 0.818. The molecule has 0 aromatic heterocycles. The van der Waals surface area contributed by atoms with Crippen molar-refractivity contribution in [2.24, 2.45) is 5.92 Å². The first-order valence-corrected chi connectivity index (χ1v) is 5.47. The summed E-state index contributed by atoms with van der Waals surface area (Å²) in [6.07, 6.45) is 0.811. The Morgan fingerprint density at radius 1 is 1.31 bits per heavy atom. The average molecular weight is 230 g/mol. The molecule has 0 atom stereocenters. The number of ether oxygens (including phenoxy) is 3. The van der Waals surface area contributed by atoms with E-state index in [1.165, 1.54) is 7.11 Å². The first-order valence-electron chi connectivity index (χ1n) is 5.47. The van der Waals surface area contributed by atoms with Crippen LogP contribution in [0.5, 0.6) is 0 Å². The van der Waals surface area contributed by atoms with E-state index in [9.17, 15) is 9.59 Å². The number of ketones is 1. The van der Waals surface area contributed by atoms with E-state index in [2.05, 4.69) is 4.74 Å². The number of Topliss-reactive ketones (excluding diaryl/α,β-unsaturated/α-hetero) is 1. The maximum absolute atomic E-state index is 11.4. The third-order valence-electron chi connectivity index (χ3n) is 2.45. The summed E-state index contributed by atoms with van der Waals surface area (Å²) >= 11 is 0. The number of hydrogen-bond donors (Lipinski definition) is 0. The van der Waals surface area contributed by atoms with Gasteiger partial charge in [-0.1, -0.05) is 6.92 Å². The van der Waals surface area contributed by atoms with Crippen molar-refractivity contribution >= 4 is 11.8 Å². The first-order chi connectivity index (χ1) is 7.65. The Balaban J connectivity index is 2.23. The number of esters is 1. The van der Waals surface area contributed by atoms with Crippen molar-refractivity contribution in [2.45, 2.75) is 32.5 Å². The summed E-state index contributed by atoms with van der Waals surface area (Å²) in [5.74, 6) is -0.562. The summed E-state index contributed by atoms with van der Waals surface area (Å²) in [5, 5.41) is 0. The van der Waals surface area contributed by atoms with Crippen LogP contribution in [0.3, 0.4) is 0 Å². The van der Waals surface area contributed by atoms with Crippen LogP contribution in [-0.2, 0) is 23.8 Å². The molecule has 1 heterocycles. The smallest absolute Gasteiger partial charge is 0.313 e. The van der Waals surface area contributed by atoms with Crippen LogP contribution >= 0.6 is 0 Å². The van der Waals surface area contributed by atoms with Crippen LogP contribution in [0.25, 0.3) is 0 Å². The van der Waals surface area contributed by atoms with Crippen molar-refractivity contribution < 1.29 is 23.8 Å². The highest BCUT2D eigenvalue weighted by molar-refractivity contribution is 5.95. The summed E-state index contributed by atoms with van der Waals surface area (Å²) in [6.45, 7) is 3.02. The van der Waals surface area contributed by atoms with E-state index in [0.29, 0.717) is 19.6 Å². The molecule has 0 N–H and O–H groups in total. The molecule has 5 nitrogen and oxygen atoms in total. The van der Waals surface area contributed by atoms with E-state index in [1.807, 2.05) is 6.92 Å². The second-order valence-electron chi connectivity index (χ2n) is 3.87. The van der Waals surface area contributed by atoms with Gasteiger partial charge in [0.1, 0.15) is 12.2 Å². The Labute approximate surface area is 95.0 Å². The van der Waals surface area contributed by atoms with Crippen LogP contribution < -0.4 is 0 Å². The van der Waals surface area contributed by atoms with Crippen molar-refractivity contribution in [3.63, 3.8) is 0 Å². The molecule has 0 aromatic rings. The van der Waals surface area contributed by atoms with Crippen LogP contribution in [0.1, 0.15) is 26.2 Å². The lowest BCUT2D eigenvalue weighted by Gasteiger charge is -2.28. The molecule has 0 spiro atoms. The molecule has 1 saturated heterocycles. The third-order valence-corrected chi connectivity index (χ3v) is 2.45. The summed E-state index contributed by atoms with van der Waals surface area (Å²) in [7, 11) is 1.27. The highest BCUT2D eigenvalue weighted by Crippen LogP contribution is 2.17. The van der Waals surface area contributed by atoms with Crippen LogP contribution in [0.4, 0.5) is 0 Å². The Morgan fingerprint density at radius 3 is 2.44 bits per heavy atom. The van der Waals surface area contributed by atoms with Gasteiger partial charge in [0.25, 0.3) is 0 Å². The molecule has 1 aliphatic rings. The van der Waals surface area contributed by atoms with Crippen LogP contribution in [0.15, 0.2) is 0 Å². The molecule has 0 aliphatic carbocycles. The van der Waals surface area contributed by atoms with E-state index in [0.717, 1.165) is 6.42 Å². The van der Waals surface area contributed by atoms with Crippen LogP contribution in [0, 0.1) is 5.92 Å². The molecule has 0 unspecified atom stereocenters. The van der Waals surface area contributed by atoms with E-state index in [1.54, 1.807) is 0 Å². The molecule has 1 rings (SSSR count). The van der Waals surface area contributed by atoms with Crippen molar-refractivity contribution in [1.82, 2.24) is 0 Å². The van der Waals surface area contributed by atoms with Gasteiger partial charge in [-0.15, -0.1) is 0 Å². The summed E-state index contributed by atoms with van der Waals surface area (Å²) < 4.78 is 15.2. The van der Waals surface area contributed by atoms with Crippen molar-refractivity contribution in [3.8, 4) is 0 Å². The maximum atomic E-state index is 11.4. The highest BCUT2D eigenvalue weighted by Gasteiger charge is 2.23.